The molecule has 0 aromatic heterocycles. The number of carbonyl (C=O) groups is 1. The molecule has 0 atom stereocenters. The first-order valence-electron chi connectivity index (χ1n) is 4.75. The lowest BCUT2D eigenvalue weighted by molar-refractivity contribution is -0.115. The third-order valence-electron chi connectivity index (χ3n) is 2.04. The highest BCUT2D eigenvalue weighted by Gasteiger charge is 2.15. The van der Waals surface area contributed by atoms with Crippen molar-refractivity contribution in [3.8, 4) is 5.75 Å². The highest BCUT2D eigenvalue weighted by molar-refractivity contribution is 7.91. The summed E-state index contributed by atoms with van der Waals surface area (Å²) >= 11 is 0. The van der Waals surface area contributed by atoms with Crippen molar-refractivity contribution in [3.63, 3.8) is 0 Å². The van der Waals surface area contributed by atoms with Crippen LogP contribution in [-0.2, 0) is 20.4 Å². The van der Waals surface area contributed by atoms with Crippen molar-refractivity contribution in [1.29, 1.82) is 0 Å². The monoisotopic (exact) mass is 258 g/mol. The van der Waals surface area contributed by atoms with E-state index in [0.717, 1.165) is 0 Å². The Hall–Kier alpha value is -1.76. The van der Waals surface area contributed by atoms with Gasteiger partial charge < -0.3 is 16.2 Å². The van der Waals surface area contributed by atoms with E-state index in [9.17, 15) is 13.2 Å². The maximum absolute atomic E-state index is 11.5. The van der Waals surface area contributed by atoms with Crippen LogP contribution in [0.25, 0.3) is 0 Å². The van der Waals surface area contributed by atoms with Gasteiger partial charge >= 0.3 is 0 Å². The molecule has 4 N–H and O–H groups in total. The second kappa shape index (κ2) is 5.05. The van der Waals surface area contributed by atoms with E-state index in [0.29, 0.717) is 17.0 Å². The number of rotatable bonds is 5. The van der Waals surface area contributed by atoms with Crippen molar-refractivity contribution >= 4 is 21.4 Å². The summed E-state index contributed by atoms with van der Waals surface area (Å²) in [7, 11) is -2.07. The fourth-order valence-electron chi connectivity index (χ4n) is 1.40. The molecule has 0 saturated heterocycles. The van der Waals surface area contributed by atoms with E-state index in [2.05, 4.69) is 0 Å². The molecule has 1 amide bonds. The number of benzene rings is 1. The number of nitrogens with two attached hydrogens (primary N) is 2. The Morgan fingerprint density at radius 1 is 1.41 bits per heavy atom. The van der Waals surface area contributed by atoms with Crippen molar-refractivity contribution in [3.05, 3.63) is 23.8 Å². The van der Waals surface area contributed by atoms with Crippen LogP contribution in [0.2, 0.25) is 0 Å². The van der Waals surface area contributed by atoms with Gasteiger partial charge in [-0.05, 0) is 17.7 Å². The Bertz CT molecular complexity index is 525. The summed E-state index contributed by atoms with van der Waals surface area (Å²) in [5.74, 6) is -1.34. The lowest BCUT2D eigenvalue weighted by atomic mass is 10.2. The van der Waals surface area contributed by atoms with Gasteiger partial charge in [-0.25, -0.2) is 8.42 Å². The molecule has 0 radical (unpaired) electrons. The number of nitrogen functional groups attached to an aromatic ring is 1. The molecular weight excluding hydrogens is 244 g/mol. The molecule has 0 aliphatic rings. The molecular formula is C10H14N2O4S. The quantitative estimate of drug-likeness (QED) is 0.703. The summed E-state index contributed by atoms with van der Waals surface area (Å²) in [4.78, 5) is 10.6. The molecule has 94 valence electrons. The van der Waals surface area contributed by atoms with Gasteiger partial charge in [0.25, 0.3) is 0 Å². The SMILES string of the molecule is COc1ccc(CS(=O)(=O)CC(N)=O)cc1N. The zero-order valence-electron chi connectivity index (χ0n) is 9.34. The van der Waals surface area contributed by atoms with Crippen LogP contribution in [0.4, 0.5) is 5.69 Å². The topological polar surface area (TPSA) is 112 Å². The fourth-order valence-corrected chi connectivity index (χ4v) is 2.62. The molecule has 6 nitrogen and oxygen atoms in total. The second-order valence-electron chi connectivity index (χ2n) is 3.57. The zero-order chi connectivity index (χ0) is 13.1. The fraction of sp³-hybridized carbons (Fsp3) is 0.300. The molecule has 0 heterocycles. The number of methoxy groups -OCH3 is 1. The summed E-state index contributed by atoms with van der Waals surface area (Å²) in [5.41, 5.74) is 11.3. The van der Waals surface area contributed by atoms with Crippen LogP contribution >= 0.6 is 0 Å². The molecule has 0 bridgehead atoms. The first-order valence-corrected chi connectivity index (χ1v) is 6.57. The molecule has 0 saturated carbocycles. The Morgan fingerprint density at radius 2 is 2.06 bits per heavy atom. The van der Waals surface area contributed by atoms with Gasteiger partial charge in [0.15, 0.2) is 9.84 Å². The molecule has 0 fully saturated rings. The van der Waals surface area contributed by atoms with E-state index in [1.807, 2.05) is 0 Å². The van der Waals surface area contributed by atoms with Crippen molar-refractivity contribution in [2.24, 2.45) is 5.73 Å². The Morgan fingerprint density at radius 3 is 2.53 bits per heavy atom. The van der Waals surface area contributed by atoms with E-state index >= 15 is 0 Å². The smallest absolute Gasteiger partial charge is 0.232 e. The van der Waals surface area contributed by atoms with Crippen LogP contribution in [0.3, 0.4) is 0 Å². The predicted molar refractivity (Wildman–Crippen MR) is 64.1 cm³/mol. The van der Waals surface area contributed by atoms with Gasteiger partial charge in [-0.1, -0.05) is 6.07 Å². The van der Waals surface area contributed by atoms with Crippen LogP contribution in [0.15, 0.2) is 18.2 Å². The third-order valence-corrected chi connectivity index (χ3v) is 3.54. The maximum atomic E-state index is 11.5. The van der Waals surface area contributed by atoms with Crippen LogP contribution < -0.4 is 16.2 Å². The van der Waals surface area contributed by atoms with Crippen LogP contribution in [0.1, 0.15) is 5.56 Å². The second-order valence-corrected chi connectivity index (χ2v) is 5.64. The molecule has 17 heavy (non-hydrogen) atoms. The average Bonchev–Trinajstić information content (AvgIpc) is 2.14. The summed E-state index contributed by atoms with van der Waals surface area (Å²) in [6.45, 7) is 0. The number of ether oxygens (including phenoxy) is 1. The van der Waals surface area contributed by atoms with Gasteiger partial charge in [0, 0.05) is 0 Å². The highest BCUT2D eigenvalue weighted by Crippen LogP contribution is 2.22. The number of anilines is 1. The third kappa shape index (κ3) is 3.95. The number of amides is 1. The lowest BCUT2D eigenvalue weighted by Crippen LogP contribution is -2.24. The normalized spacial score (nSPS) is 11.1. The molecule has 0 spiro atoms. The molecule has 1 aromatic carbocycles. The van der Waals surface area contributed by atoms with Crippen LogP contribution in [-0.4, -0.2) is 27.2 Å². The average molecular weight is 258 g/mol. The molecule has 0 aliphatic carbocycles. The number of hydrogen-bond acceptors (Lipinski definition) is 5. The number of hydrogen-bond donors (Lipinski definition) is 2. The van der Waals surface area contributed by atoms with Crippen molar-refractivity contribution < 1.29 is 17.9 Å². The molecule has 0 aliphatic heterocycles. The minimum Gasteiger partial charge on any atom is -0.495 e. The number of carbonyl (C=O) groups excluding carboxylic acids is 1. The molecule has 1 aromatic rings. The molecule has 0 unspecified atom stereocenters. The molecule has 7 heteroatoms. The Labute approximate surface area is 99.5 Å². The standard InChI is InChI=1S/C10H14N2O4S/c1-16-9-3-2-7(4-8(9)11)5-17(14,15)6-10(12)13/h2-4H,5-6,11H2,1H3,(H2,12,13). The largest absolute Gasteiger partial charge is 0.495 e. The summed E-state index contributed by atoms with van der Waals surface area (Å²) in [6.07, 6.45) is 0. The summed E-state index contributed by atoms with van der Waals surface area (Å²) in [5, 5.41) is 0. The molecule has 1 rings (SSSR count). The van der Waals surface area contributed by atoms with Crippen LogP contribution in [0.5, 0.6) is 5.75 Å². The summed E-state index contributed by atoms with van der Waals surface area (Å²) in [6, 6.07) is 4.65. The van der Waals surface area contributed by atoms with E-state index in [1.54, 1.807) is 12.1 Å². The minimum atomic E-state index is -3.54. The van der Waals surface area contributed by atoms with Gasteiger partial charge in [-0.2, -0.15) is 0 Å². The Balaban J connectivity index is 2.89. The predicted octanol–water partition coefficient (Wildman–Crippen LogP) is -0.322. The van der Waals surface area contributed by atoms with Gasteiger partial charge in [-0.15, -0.1) is 0 Å². The Kier molecular flexibility index (Phi) is 3.95. The minimum absolute atomic E-state index is 0.274. The van der Waals surface area contributed by atoms with Gasteiger partial charge in [0.2, 0.25) is 5.91 Å². The van der Waals surface area contributed by atoms with Gasteiger partial charge in [-0.3, -0.25) is 4.79 Å². The first-order chi connectivity index (χ1) is 7.84. The van der Waals surface area contributed by atoms with Crippen LogP contribution in [0, 0.1) is 0 Å². The van der Waals surface area contributed by atoms with Crippen molar-refractivity contribution in [1.82, 2.24) is 0 Å². The number of primary amides is 1. The number of sulfone groups is 1. The van der Waals surface area contributed by atoms with E-state index in [1.165, 1.54) is 13.2 Å². The van der Waals surface area contributed by atoms with Gasteiger partial charge in [0.1, 0.15) is 11.5 Å². The van der Waals surface area contributed by atoms with E-state index in [-0.39, 0.29) is 5.75 Å². The highest BCUT2D eigenvalue weighted by atomic mass is 32.2. The maximum Gasteiger partial charge on any atom is 0.232 e. The zero-order valence-corrected chi connectivity index (χ0v) is 10.2. The van der Waals surface area contributed by atoms with Crippen molar-refractivity contribution in [2.45, 2.75) is 5.75 Å². The lowest BCUT2D eigenvalue weighted by Gasteiger charge is -2.07. The van der Waals surface area contributed by atoms with Crippen molar-refractivity contribution in [2.75, 3.05) is 18.6 Å². The van der Waals surface area contributed by atoms with Gasteiger partial charge in [0.05, 0.1) is 18.6 Å². The summed E-state index contributed by atoms with van der Waals surface area (Å²) < 4.78 is 28.0. The first kappa shape index (κ1) is 13.3. The van der Waals surface area contributed by atoms with E-state index < -0.39 is 21.5 Å². The van der Waals surface area contributed by atoms with E-state index in [4.69, 9.17) is 16.2 Å².